The van der Waals surface area contributed by atoms with E-state index in [1.54, 1.807) is 29.9 Å². The maximum absolute atomic E-state index is 12.9. The predicted molar refractivity (Wildman–Crippen MR) is 116 cm³/mol. The van der Waals surface area contributed by atoms with Gasteiger partial charge in [-0.3, -0.25) is 14.2 Å². The van der Waals surface area contributed by atoms with Crippen LogP contribution in [0.15, 0.2) is 47.3 Å². The monoisotopic (exact) mass is 406 g/mol. The second-order valence-corrected chi connectivity index (χ2v) is 7.62. The van der Waals surface area contributed by atoms with Gasteiger partial charge in [-0.1, -0.05) is 12.1 Å². The first-order valence-corrected chi connectivity index (χ1v) is 10.2. The van der Waals surface area contributed by atoms with Crippen molar-refractivity contribution in [2.75, 3.05) is 33.8 Å². The second-order valence-electron chi connectivity index (χ2n) is 7.62. The average molecular weight is 406 g/mol. The highest BCUT2D eigenvalue weighted by atomic mass is 16.5. The van der Waals surface area contributed by atoms with Gasteiger partial charge in [-0.05, 0) is 49.4 Å². The highest BCUT2D eigenvalue weighted by Crippen LogP contribution is 2.14. The van der Waals surface area contributed by atoms with Crippen LogP contribution in [0.2, 0.25) is 0 Å². The van der Waals surface area contributed by atoms with Gasteiger partial charge in [0.1, 0.15) is 11.6 Å². The molecule has 1 amide bonds. The van der Waals surface area contributed by atoms with E-state index in [0.29, 0.717) is 29.6 Å². The number of likely N-dealkylation sites (N-methyl/N-ethyl adjacent to an activating group) is 1. The lowest BCUT2D eigenvalue weighted by molar-refractivity contribution is 0.0954. The van der Waals surface area contributed by atoms with Crippen molar-refractivity contribution in [2.45, 2.75) is 19.4 Å². The summed E-state index contributed by atoms with van der Waals surface area (Å²) in [5.41, 5.74) is 2.19. The molecule has 0 atom stereocenters. The summed E-state index contributed by atoms with van der Waals surface area (Å²) in [6, 6.07) is 12.9. The van der Waals surface area contributed by atoms with Crippen LogP contribution in [0, 0.1) is 0 Å². The first kappa shape index (κ1) is 20.1. The molecule has 7 nitrogen and oxygen atoms in total. The maximum Gasteiger partial charge on any atom is 0.261 e. The third kappa shape index (κ3) is 4.21. The van der Waals surface area contributed by atoms with Crippen LogP contribution in [0.5, 0.6) is 5.75 Å². The number of ether oxygens (including phenoxy) is 1. The molecule has 0 spiro atoms. The standard InChI is InChI=1S/C23H26N4O3/c1-26-12-10-21-25-20-15-17(5-8-19(20)23(29)27(21)14-13-26)22(28)24-11-9-16-3-6-18(30-2)7-4-16/h3-8,15H,9-14H2,1-2H3,(H,24,28). The minimum Gasteiger partial charge on any atom is -0.497 e. The van der Waals surface area contributed by atoms with E-state index in [4.69, 9.17) is 9.72 Å². The average Bonchev–Trinajstić information content (AvgIpc) is 2.95. The van der Waals surface area contributed by atoms with E-state index in [1.807, 2.05) is 31.3 Å². The first-order valence-electron chi connectivity index (χ1n) is 10.2. The summed E-state index contributed by atoms with van der Waals surface area (Å²) < 4.78 is 6.92. The minimum atomic E-state index is -0.165. The van der Waals surface area contributed by atoms with Gasteiger partial charge in [0.05, 0.1) is 18.0 Å². The number of aromatic nitrogens is 2. The number of benzene rings is 2. The van der Waals surface area contributed by atoms with Crippen molar-refractivity contribution < 1.29 is 9.53 Å². The van der Waals surface area contributed by atoms with Gasteiger partial charge in [0.15, 0.2) is 0 Å². The van der Waals surface area contributed by atoms with E-state index < -0.39 is 0 Å². The van der Waals surface area contributed by atoms with Crippen LogP contribution in [0.25, 0.3) is 10.9 Å². The molecule has 1 aliphatic rings. The van der Waals surface area contributed by atoms with E-state index in [1.165, 1.54) is 0 Å². The molecular weight excluding hydrogens is 380 g/mol. The molecule has 30 heavy (non-hydrogen) atoms. The molecule has 0 unspecified atom stereocenters. The SMILES string of the molecule is COc1ccc(CCNC(=O)c2ccc3c(=O)n4c(nc3c2)CCN(C)CC4)cc1. The summed E-state index contributed by atoms with van der Waals surface area (Å²) in [6.07, 6.45) is 1.45. The number of amides is 1. The molecule has 0 bridgehead atoms. The number of fused-ring (bicyclic) bond motifs is 2. The van der Waals surface area contributed by atoms with E-state index in [9.17, 15) is 9.59 Å². The Morgan fingerprint density at radius 3 is 2.70 bits per heavy atom. The van der Waals surface area contributed by atoms with E-state index in [0.717, 1.165) is 43.1 Å². The van der Waals surface area contributed by atoms with Crippen molar-refractivity contribution in [3.05, 3.63) is 69.8 Å². The summed E-state index contributed by atoms with van der Waals surface area (Å²) in [6.45, 7) is 2.86. The third-order valence-electron chi connectivity index (χ3n) is 5.58. The van der Waals surface area contributed by atoms with Gasteiger partial charge in [0.2, 0.25) is 0 Å². The van der Waals surface area contributed by atoms with Crippen molar-refractivity contribution >= 4 is 16.8 Å². The van der Waals surface area contributed by atoms with Crippen molar-refractivity contribution in [3.63, 3.8) is 0 Å². The first-order chi connectivity index (χ1) is 14.5. The van der Waals surface area contributed by atoms with Gasteiger partial charge in [-0.2, -0.15) is 0 Å². The normalized spacial score (nSPS) is 14.2. The van der Waals surface area contributed by atoms with Gasteiger partial charge in [-0.15, -0.1) is 0 Å². The zero-order valence-corrected chi connectivity index (χ0v) is 17.4. The van der Waals surface area contributed by atoms with Crippen LogP contribution in [0.3, 0.4) is 0 Å². The summed E-state index contributed by atoms with van der Waals surface area (Å²) in [7, 11) is 3.68. The molecular formula is C23H26N4O3. The topological polar surface area (TPSA) is 76.5 Å². The molecule has 2 heterocycles. The number of nitrogens with one attached hydrogen (secondary N) is 1. The third-order valence-corrected chi connectivity index (χ3v) is 5.58. The van der Waals surface area contributed by atoms with Crippen LogP contribution >= 0.6 is 0 Å². The molecule has 7 heteroatoms. The van der Waals surface area contributed by atoms with E-state index in [2.05, 4.69) is 10.2 Å². The van der Waals surface area contributed by atoms with Crippen molar-refractivity contribution in [1.29, 1.82) is 0 Å². The molecule has 3 aromatic rings. The number of hydrogen-bond acceptors (Lipinski definition) is 5. The Hall–Kier alpha value is -3.19. The van der Waals surface area contributed by atoms with Crippen LogP contribution in [-0.2, 0) is 19.4 Å². The summed E-state index contributed by atoms with van der Waals surface area (Å²) in [5.74, 6) is 1.43. The van der Waals surface area contributed by atoms with Crippen molar-refractivity contribution in [3.8, 4) is 5.75 Å². The molecule has 4 rings (SSSR count). The molecule has 156 valence electrons. The minimum absolute atomic E-state index is 0.0308. The van der Waals surface area contributed by atoms with Gasteiger partial charge < -0.3 is 15.0 Å². The van der Waals surface area contributed by atoms with Crippen LogP contribution in [0.1, 0.15) is 21.7 Å². The zero-order valence-electron chi connectivity index (χ0n) is 17.4. The van der Waals surface area contributed by atoms with Gasteiger partial charge in [0.25, 0.3) is 11.5 Å². The van der Waals surface area contributed by atoms with Crippen LogP contribution in [0.4, 0.5) is 0 Å². The second kappa shape index (κ2) is 8.67. The lowest BCUT2D eigenvalue weighted by Gasteiger charge is -2.11. The molecule has 0 saturated heterocycles. The van der Waals surface area contributed by atoms with Gasteiger partial charge in [0, 0.05) is 38.2 Å². The number of rotatable bonds is 5. The number of carbonyl (C=O) groups excluding carboxylic acids is 1. The molecule has 2 aromatic carbocycles. The van der Waals surface area contributed by atoms with Crippen LogP contribution < -0.4 is 15.6 Å². The highest BCUT2D eigenvalue weighted by Gasteiger charge is 2.16. The fourth-order valence-electron chi connectivity index (χ4n) is 3.72. The van der Waals surface area contributed by atoms with E-state index in [-0.39, 0.29) is 11.5 Å². The van der Waals surface area contributed by atoms with Crippen molar-refractivity contribution in [2.24, 2.45) is 0 Å². The fraction of sp³-hybridized carbons (Fsp3) is 0.348. The molecule has 0 radical (unpaired) electrons. The summed E-state index contributed by atoms with van der Waals surface area (Å²) >= 11 is 0. The summed E-state index contributed by atoms with van der Waals surface area (Å²) in [4.78, 5) is 32.4. The van der Waals surface area contributed by atoms with Crippen LogP contribution in [-0.4, -0.2) is 54.1 Å². The zero-order chi connectivity index (χ0) is 21.1. The number of carbonyl (C=O) groups is 1. The molecule has 1 aliphatic heterocycles. The number of hydrogen-bond donors (Lipinski definition) is 1. The molecule has 0 saturated carbocycles. The molecule has 1 aromatic heterocycles. The lowest BCUT2D eigenvalue weighted by atomic mass is 10.1. The Labute approximate surface area is 175 Å². The summed E-state index contributed by atoms with van der Waals surface area (Å²) in [5, 5.41) is 3.50. The molecule has 0 aliphatic carbocycles. The Kier molecular flexibility index (Phi) is 5.81. The lowest BCUT2D eigenvalue weighted by Crippen LogP contribution is -2.28. The number of methoxy groups -OCH3 is 1. The Bertz CT molecular complexity index is 1120. The highest BCUT2D eigenvalue weighted by molar-refractivity contribution is 5.97. The quantitative estimate of drug-likeness (QED) is 0.700. The maximum atomic E-state index is 12.9. The smallest absolute Gasteiger partial charge is 0.261 e. The predicted octanol–water partition coefficient (Wildman–Crippen LogP) is 1.87. The fourth-order valence-corrected chi connectivity index (χ4v) is 3.72. The molecule has 1 N–H and O–H groups in total. The Morgan fingerprint density at radius 1 is 1.13 bits per heavy atom. The van der Waals surface area contributed by atoms with E-state index >= 15 is 0 Å². The Morgan fingerprint density at radius 2 is 1.93 bits per heavy atom. The van der Waals surface area contributed by atoms with Gasteiger partial charge >= 0.3 is 0 Å². The largest absolute Gasteiger partial charge is 0.497 e. The molecule has 0 fully saturated rings. The Balaban J connectivity index is 1.48. The van der Waals surface area contributed by atoms with Gasteiger partial charge in [-0.25, -0.2) is 4.98 Å². The number of nitrogens with zero attached hydrogens (tertiary/aromatic N) is 3. The van der Waals surface area contributed by atoms with Crippen molar-refractivity contribution in [1.82, 2.24) is 19.8 Å².